The van der Waals surface area contributed by atoms with Gasteiger partial charge in [-0.2, -0.15) is 0 Å². The van der Waals surface area contributed by atoms with Crippen molar-refractivity contribution in [3.8, 4) is 33.4 Å². The maximum Gasteiger partial charge on any atom is 0.0713 e. The lowest BCUT2D eigenvalue weighted by Gasteiger charge is -2.34. The maximum absolute atomic E-state index is 2.36. The number of anilines is 3. The third-order valence-electron chi connectivity index (χ3n) is 11.5. The molecule has 0 saturated carbocycles. The van der Waals surface area contributed by atoms with Gasteiger partial charge in [0, 0.05) is 17.1 Å². The summed E-state index contributed by atoms with van der Waals surface area (Å²) in [5, 5.41) is 0. The molecule has 1 heteroatoms. The van der Waals surface area contributed by atoms with Crippen molar-refractivity contribution in [2.75, 3.05) is 4.90 Å². The second-order valence-electron chi connectivity index (χ2n) is 15.8. The number of rotatable bonds is 9. The van der Waals surface area contributed by atoms with E-state index in [1.807, 2.05) is 0 Å². The number of hydrogen-bond donors (Lipinski definition) is 0. The van der Waals surface area contributed by atoms with Crippen LogP contribution in [0.3, 0.4) is 0 Å². The second kappa shape index (κ2) is 14.7. The molecule has 272 valence electrons. The first-order valence-corrected chi connectivity index (χ1v) is 19.9. The summed E-state index contributed by atoms with van der Waals surface area (Å²) in [6.07, 6.45) is 1.10. The Bertz CT molecular complexity index is 2570. The number of hydrogen-bond acceptors (Lipinski definition) is 1. The molecule has 9 rings (SSSR count). The lowest BCUT2D eigenvalue weighted by Crippen LogP contribution is -2.28. The summed E-state index contributed by atoms with van der Waals surface area (Å²) >= 11 is 0. The van der Waals surface area contributed by atoms with Crippen LogP contribution in [0.25, 0.3) is 33.4 Å². The Morgan fingerprint density at radius 1 is 0.411 bits per heavy atom. The Morgan fingerprint density at radius 3 is 1.34 bits per heavy atom. The van der Waals surface area contributed by atoms with Gasteiger partial charge in [-0.1, -0.05) is 177 Å². The van der Waals surface area contributed by atoms with E-state index in [4.69, 9.17) is 0 Å². The van der Waals surface area contributed by atoms with Crippen LogP contribution in [0.1, 0.15) is 52.8 Å². The zero-order chi connectivity index (χ0) is 38.2. The molecule has 0 unspecified atom stereocenters. The molecule has 0 atom stereocenters. The average molecular weight is 722 g/mol. The van der Waals surface area contributed by atoms with Crippen LogP contribution < -0.4 is 4.90 Å². The smallest absolute Gasteiger partial charge is 0.0713 e. The molecule has 0 aromatic heterocycles. The lowest BCUT2D eigenvalue weighted by atomic mass is 9.67. The average Bonchev–Trinajstić information content (AvgIpc) is 3.53. The zero-order valence-electron chi connectivity index (χ0n) is 32.7. The predicted molar refractivity (Wildman–Crippen MR) is 237 cm³/mol. The largest absolute Gasteiger partial charge is 0.310 e. The van der Waals surface area contributed by atoms with Crippen LogP contribution in [0, 0.1) is 19.8 Å². The molecule has 8 aromatic rings. The molecule has 0 aliphatic heterocycles. The minimum atomic E-state index is -0.398. The van der Waals surface area contributed by atoms with Crippen molar-refractivity contribution in [2.24, 2.45) is 5.92 Å². The molecule has 1 aliphatic rings. The second-order valence-corrected chi connectivity index (χ2v) is 15.8. The van der Waals surface area contributed by atoms with Crippen molar-refractivity contribution in [1.29, 1.82) is 0 Å². The molecular weight excluding hydrogens is 675 g/mol. The van der Waals surface area contributed by atoms with E-state index in [1.54, 1.807) is 0 Å². The Kier molecular flexibility index (Phi) is 9.23. The van der Waals surface area contributed by atoms with Gasteiger partial charge in [-0.25, -0.2) is 0 Å². The van der Waals surface area contributed by atoms with Gasteiger partial charge in [-0.05, 0) is 129 Å². The van der Waals surface area contributed by atoms with Gasteiger partial charge >= 0.3 is 0 Å². The van der Waals surface area contributed by atoms with Gasteiger partial charge in [0.15, 0.2) is 0 Å². The topological polar surface area (TPSA) is 3.24 Å². The first kappa shape index (κ1) is 35.3. The molecule has 0 saturated heterocycles. The van der Waals surface area contributed by atoms with E-state index in [0.29, 0.717) is 5.92 Å². The monoisotopic (exact) mass is 721 g/mol. The highest BCUT2D eigenvalue weighted by molar-refractivity contribution is 5.87. The highest BCUT2D eigenvalue weighted by Crippen LogP contribution is 2.56. The van der Waals surface area contributed by atoms with Crippen molar-refractivity contribution >= 4 is 17.1 Å². The summed E-state index contributed by atoms with van der Waals surface area (Å²) in [4.78, 5) is 2.36. The fourth-order valence-corrected chi connectivity index (χ4v) is 8.86. The SMILES string of the molecule is Cc1ccc(C2(c3ccc(-c4ccc(N(c5ccc(-c6ccc(CC(C)C)cc6)cc5)c5cccc(C)c5)cc4)cc3)c3ccccc3-c3ccccc32)cc1. The Morgan fingerprint density at radius 2 is 0.857 bits per heavy atom. The van der Waals surface area contributed by atoms with Crippen molar-refractivity contribution in [1.82, 2.24) is 0 Å². The summed E-state index contributed by atoms with van der Waals surface area (Å²) in [5.74, 6) is 0.651. The third-order valence-corrected chi connectivity index (χ3v) is 11.5. The van der Waals surface area contributed by atoms with Gasteiger partial charge in [0.1, 0.15) is 0 Å². The fourth-order valence-electron chi connectivity index (χ4n) is 8.86. The third kappa shape index (κ3) is 6.34. The number of nitrogens with zero attached hydrogens (tertiary/aromatic N) is 1. The van der Waals surface area contributed by atoms with E-state index in [9.17, 15) is 0 Å². The predicted octanol–water partition coefficient (Wildman–Crippen LogP) is 14.7. The Balaban J connectivity index is 1.06. The summed E-state index contributed by atoms with van der Waals surface area (Å²) in [6, 6.07) is 72.1. The van der Waals surface area contributed by atoms with Crippen LogP contribution >= 0.6 is 0 Å². The van der Waals surface area contributed by atoms with Gasteiger partial charge in [0.25, 0.3) is 0 Å². The Hall–Kier alpha value is -6.44. The van der Waals surface area contributed by atoms with Crippen molar-refractivity contribution < 1.29 is 0 Å². The summed E-state index contributed by atoms with van der Waals surface area (Å²) < 4.78 is 0. The van der Waals surface area contributed by atoms with E-state index in [1.165, 1.54) is 72.3 Å². The van der Waals surface area contributed by atoms with Gasteiger partial charge in [-0.3, -0.25) is 0 Å². The number of fused-ring (bicyclic) bond motifs is 3. The first-order chi connectivity index (χ1) is 27.4. The molecule has 0 fully saturated rings. The minimum absolute atomic E-state index is 0.398. The van der Waals surface area contributed by atoms with E-state index in [0.717, 1.165) is 23.5 Å². The normalized spacial score (nSPS) is 12.7. The molecule has 0 amide bonds. The number of benzene rings is 8. The van der Waals surface area contributed by atoms with Gasteiger partial charge in [-0.15, -0.1) is 0 Å². The summed E-state index contributed by atoms with van der Waals surface area (Å²) in [7, 11) is 0. The van der Waals surface area contributed by atoms with Gasteiger partial charge < -0.3 is 4.90 Å². The van der Waals surface area contributed by atoms with Crippen molar-refractivity contribution in [3.05, 3.63) is 233 Å². The molecule has 0 bridgehead atoms. The molecule has 0 spiro atoms. The van der Waals surface area contributed by atoms with Gasteiger partial charge in [0.05, 0.1) is 5.41 Å². The van der Waals surface area contributed by atoms with E-state index < -0.39 is 5.41 Å². The zero-order valence-corrected chi connectivity index (χ0v) is 32.7. The minimum Gasteiger partial charge on any atom is -0.310 e. The summed E-state index contributed by atoms with van der Waals surface area (Å²) in [5.41, 5.74) is 19.6. The van der Waals surface area contributed by atoms with Crippen LogP contribution in [0.4, 0.5) is 17.1 Å². The molecule has 56 heavy (non-hydrogen) atoms. The lowest BCUT2D eigenvalue weighted by molar-refractivity contribution is 0.647. The molecule has 0 N–H and O–H groups in total. The fraction of sp³-hybridized carbons (Fsp3) is 0.127. The van der Waals surface area contributed by atoms with Gasteiger partial charge in [0.2, 0.25) is 0 Å². The Labute approximate surface area is 332 Å². The van der Waals surface area contributed by atoms with Crippen molar-refractivity contribution in [2.45, 2.75) is 39.5 Å². The molecule has 0 radical (unpaired) electrons. The highest BCUT2D eigenvalue weighted by atomic mass is 15.1. The number of aryl methyl sites for hydroxylation is 2. The molecule has 0 heterocycles. The molecular formula is C55H47N. The summed E-state index contributed by atoms with van der Waals surface area (Å²) in [6.45, 7) is 8.87. The first-order valence-electron chi connectivity index (χ1n) is 19.9. The van der Waals surface area contributed by atoms with Crippen LogP contribution in [-0.4, -0.2) is 0 Å². The van der Waals surface area contributed by atoms with Crippen LogP contribution in [0.15, 0.2) is 194 Å². The standard InChI is InChI=1S/C55H47N/c1-38(2)36-41-18-20-42(21-19-41)44-24-32-48(33-25-44)56(50-11-9-10-40(4)37-50)49-34-26-45(27-35-49)43-22-30-47(31-23-43)55(46-28-16-39(3)17-29-46)53-14-7-5-12-51(53)52-13-6-8-15-54(52)55/h5-35,37-38H,36H2,1-4H3. The van der Waals surface area contributed by atoms with E-state index in [-0.39, 0.29) is 0 Å². The quantitative estimate of drug-likeness (QED) is 0.143. The molecule has 1 aliphatic carbocycles. The molecule has 1 nitrogen and oxygen atoms in total. The van der Waals surface area contributed by atoms with Crippen molar-refractivity contribution in [3.63, 3.8) is 0 Å². The van der Waals surface area contributed by atoms with Crippen LogP contribution in [0.2, 0.25) is 0 Å². The van der Waals surface area contributed by atoms with Crippen LogP contribution in [-0.2, 0) is 11.8 Å². The highest BCUT2D eigenvalue weighted by Gasteiger charge is 2.45. The van der Waals surface area contributed by atoms with Crippen LogP contribution in [0.5, 0.6) is 0 Å². The molecule has 8 aromatic carbocycles. The van der Waals surface area contributed by atoms with E-state index in [2.05, 4.69) is 227 Å². The van der Waals surface area contributed by atoms with E-state index >= 15 is 0 Å². The maximum atomic E-state index is 2.36.